The number of carbonyl (C=O) groups is 1. The number of rotatable bonds is 6. The first kappa shape index (κ1) is 23.9. The molecule has 0 fully saturated rings. The number of nitrogens with zero attached hydrogens (tertiary/aromatic N) is 4. The van der Waals surface area contributed by atoms with Crippen molar-refractivity contribution in [1.29, 1.82) is 0 Å². The molecular weight excluding hydrogens is 498 g/mol. The Balaban J connectivity index is 1.57. The van der Waals surface area contributed by atoms with Crippen molar-refractivity contribution in [3.8, 4) is 17.3 Å². The van der Waals surface area contributed by atoms with Crippen LogP contribution in [0, 0.1) is 5.41 Å². The number of hydrogen-bond donors (Lipinski definition) is 1. The number of halogens is 1. The standard InChI is InChI=1S/C25H28BrN5O3/c1-24(2,3)34-23(32)27-14-25(4,5)15-33-21-17(26)11-9-16-10-12-18(28-20(16)21)22-30-29-19-8-6-7-13-31(19)22/h6-13H,14-15H2,1-5H3,(H,27,32). The third kappa shape index (κ3) is 5.47. The predicted octanol–water partition coefficient (Wildman–Crippen LogP) is 5.64. The summed E-state index contributed by atoms with van der Waals surface area (Å²) in [5.74, 6) is 1.30. The van der Waals surface area contributed by atoms with E-state index in [1.54, 1.807) is 0 Å². The van der Waals surface area contributed by atoms with Gasteiger partial charge in [0.1, 0.15) is 16.8 Å². The summed E-state index contributed by atoms with van der Waals surface area (Å²) in [6, 6.07) is 13.6. The smallest absolute Gasteiger partial charge is 0.407 e. The fourth-order valence-electron chi connectivity index (χ4n) is 3.36. The second-order valence-electron chi connectivity index (χ2n) is 9.91. The molecule has 1 amide bonds. The molecule has 4 rings (SSSR count). The van der Waals surface area contributed by atoms with E-state index in [0.29, 0.717) is 30.4 Å². The van der Waals surface area contributed by atoms with Crippen LogP contribution in [-0.4, -0.2) is 44.4 Å². The van der Waals surface area contributed by atoms with Gasteiger partial charge < -0.3 is 14.8 Å². The molecule has 8 nitrogen and oxygen atoms in total. The molecule has 178 valence electrons. The molecule has 3 heterocycles. The van der Waals surface area contributed by atoms with Crippen LogP contribution in [0.4, 0.5) is 4.79 Å². The maximum absolute atomic E-state index is 12.0. The van der Waals surface area contributed by atoms with Crippen molar-refractivity contribution in [3.05, 3.63) is 53.1 Å². The molecule has 0 aliphatic carbocycles. The van der Waals surface area contributed by atoms with Crippen LogP contribution in [0.1, 0.15) is 34.6 Å². The second-order valence-corrected chi connectivity index (χ2v) is 10.8. The van der Waals surface area contributed by atoms with Gasteiger partial charge in [-0.2, -0.15) is 0 Å². The lowest BCUT2D eigenvalue weighted by Crippen LogP contribution is -2.40. The zero-order valence-electron chi connectivity index (χ0n) is 19.9. The highest BCUT2D eigenvalue weighted by atomic mass is 79.9. The van der Waals surface area contributed by atoms with Crippen molar-refractivity contribution in [2.75, 3.05) is 13.2 Å². The number of carbonyl (C=O) groups excluding carboxylic acids is 1. The molecule has 1 aromatic carbocycles. The van der Waals surface area contributed by atoms with Gasteiger partial charge in [-0.1, -0.05) is 32.0 Å². The Hall–Kier alpha value is -3.20. The van der Waals surface area contributed by atoms with Crippen molar-refractivity contribution in [2.45, 2.75) is 40.2 Å². The predicted molar refractivity (Wildman–Crippen MR) is 135 cm³/mol. The summed E-state index contributed by atoms with van der Waals surface area (Å²) in [4.78, 5) is 16.9. The first-order valence-electron chi connectivity index (χ1n) is 11.0. The van der Waals surface area contributed by atoms with Crippen molar-refractivity contribution < 1.29 is 14.3 Å². The summed E-state index contributed by atoms with van der Waals surface area (Å²) in [5.41, 5.74) is 1.27. The van der Waals surface area contributed by atoms with Crippen molar-refractivity contribution >= 4 is 38.6 Å². The van der Waals surface area contributed by atoms with Crippen molar-refractivity contribution in [2.24, 2.45) is 5.41 Å². The number of fused-ring (bicyclic) bond motifs is 2. The van der Waals surface area contributed by atoms with Crippen LogP contribution in [0.3, 0.4) is 0 Å². The van der Waals surface area contributed by atoms with Crippen LogP contribution in [0.25, 0.3) is 28.1 Å². The van der Waals surface area contributed by atoms with Crippen LogP contribution >= 0.6 is 15.9 Å². The summed E-state index contributed by atoms with van der Waals surface area (Å²) in [6.07, 6.45) is 1.47. The lowest BCUT2D eigenvalue weighted by atomic mass is 9.95. The number of amides is 1. The Bertz CT molecular complexity index is 1340. The minimum Gasteiger partial charge on any atom is -0.489 e. The van der Waals surface area contributed by atoms with E-state index in [0.717, 1.165) is 21.0 Å². The molecule has 3 aromatic heterocycles. The highest BCUT2D eigenvalue weighted by molar-refractivity contribution is 9.10. The monoisotopic (exact) mass is 525 g/mol. The average Bonchev–Trinajstić information content (AvgIpc) is 3.20. The first-order valence-corrected chi connectivity index (χ1v) is 11.8. The van der Waals surface area contributed by atoms with Gasteiger partial charge in [0.05, 0.1) is 11.1 Å². The topological polar surface area (TPSA) is 90.6 Å². The van der Waals surface area contributed by atoms with Gasteiger partial charge in [0.2, 0.25) is 0 Å². The minimum atomic E-state index is -0.544. The van der Waals surface area contributed by atoms with E-state index in [2.05, 4.69) is 31.4 Å². The van der Waals surface area contributed by atoms with Gasteiger partial charge in [-0.15, -0.1) is 10.2 Å². The first-order chi connectivity index (χ1) is 16.0. The molecule has 1 N–H and O–H groups in total. The van der Waals surface area contributed by atoms with Gasteiger partial charge in [0, 0.05) is 23.5 Å². The van der Waals surface area contributed by atoms with Crippen molar-refractivity contribution in [1.82, 2.24) is 24.9 Å². The number of pyridine rings is 2. The van der Waals surface area contributed by atoms with Gasteiger partial charge in [0.15, 0.2) is 17.2 Å². The summed E-state index contributed by atoms with van der Waals surface area (Å²) < 4.78 is 14.3. The van der Waals surface area contributed by atoms with Crippen LogP contribution < -0.4 is 10.1 Å². The second kappa shape index (κ2) is 9.21. The van der Waals surface area contributed by atoms with Crippen LogP contribution in [0.5, 0.6) is 5.75 Å². The van der Waals surface area contributed by atoms with E-state index in [-0.39, 0.29) is 5.41 Å². The van der Waals surface area contributed by atoms with Crippen LogP contribution in [0.15, 0.2) is 53.1 Å². The zero-order valence-corrected chi connectivity index (χ0v) is 21.5. The highest BCUT2D eigenvalue weighted by Crippen LogP contribution is 2.35. The molecule has 0 aliphatic heterocycles. The molecule has 0 saturated heterocycles. The number of alkyl carbamates (subject to hydrolysis) is 1. The molecule has 0 bridgehead atoms. The molecule has 0 spiro atoms. The minimum absolute atomic E-state index is 0.348. The fraction of sp³-hybridized carbons (Fsp3) is 0.360. The normalized spacial score (nSPS) is 12.2. The van der Waals surface area contributed by atoms with Crippen LogP contribution in [0.2, 0.25) is 0 Å². The summed E-state index contributed by atoms with van der Waals surface area (Å²) in [7, 11) is 0. The highest BCUT2D eigenvalue weighted by Gasteiger charge is 2.24. The largest absolute Gasteiger partial charge is 0.489 e. The number of benzene rings is 1. The number of ether oxygens (including phenoxy) is 2. The average molecular weight is 526 g/mol. The van der Waals surface area contributed by atoms with E-state index in [1.165, 1.54) is 0 Å². The van der Waals surface area contributed by atoms with E-state index in [4.69, 9.17) is 14.5 Å². The Morgan fingerprint density at radius 3 is 2.59 bits per heavy atom. The molecule has 4 aromatic rings. The molecule has 0 radical (unpaired) electrons. The fourth-order valence-corrected chi connectivity index (χ4v) is 3.79. The number of aromatic nitrogens is 4. The molecule has 34 heavy (non-hydrogen) atoms. The molecule has 0 atom stereocenters. The van der Waals surface area contributed by atoms with Gasteiger partial charge in [-0.05, 0) is 61.0 Å². The zero-order chi connectivity index (χ0) is 24.5. The third-order valence-electron chi connectivity index (χ3n) is 5.03. The SMILES string of the molecule is CC(C)(CNC(=O)OC(C)(C)C)COc1c(Br)ccc2ccc(-c3nnc4ccccn34)nc12. The maximum Gasteiger partial charge on any atom is 0.407 e. The Kier molecular flexibility index (Phi) is 6.49. The molecule has 0 saturated carbocycles. The molecule has 0 unspecified atom stereocenters. The molecule has 0 aliphatic rings. The number of hydrogen-bond acceptors (Lipinski definition) is 6. The van der Waals surface area contributed by atoms with Crippen LogP contribution in [-0.2, 0) is 4.74 Å². The summed E-state index contributed by atoms with van der Waals surface area (Å²) >= 11 is 3.61. The third-order valence-corrected chi connectivity index (χ3v) is 5.65. The Labute approximate surface area is 206 Å². The van der Waals surface area contributed by atoms with Crippen molar-refractivity contribution in [3.63, 3.8) is 0 Å². The molecule has 9 heteroatoms. The number of nitrogens with one attached hydrogen (secondary N) is 1. The lowest BCUT2D eigenvalue weighted by molar-refractivity contribution is 0.0492. The van der Waals surface area contributed by atoms with E-state index in [9.17, 15) is 4.79 Å². The van der Waals surface area contributed by atoms with Gasteiger partial charge in [0.25, 0.3) is 0 Å². The Morgan fingerprint density at radius 2 is 1.82 bits per heavy atom. The van der Waals surface area contributed by atoms with Gasteiger partial charge >= 0.3 is 6.09 Å². The lowest BCUT2D eigenvalue weighted by Gasteiger charge is -2.27. The Morgan fingerprint density at radius 1 is 1.06 bits per heavy atom. The van der Waals surface area contributed by atoms with E-state index < -0.39 is 11.7 Å². The van der Waals surface area contributed by atoms with E-state index in [1.807, 2.05) is 87.7 Å². The van der Waals surface area contributed by atoms with E-state index >= 15 is 0 Å². The maximum atomic E-state index is 12.0. The van der Waals surface area contributed by atoms with Gasteiger partial charge in [-0.3, -0.25) is 4.40 Å². The molecular formula is C25H28BrN5O3. The summed E-state index contributed by atoms with van der Waals surface area (Å²) in [6.45, 7) is 10.3. The summed E-state index contributed by atoms with van der Waals surface area (Å²) in [5, 5.41) is 12.3. The quantitative estimate of drug-likeness (QED) is 0.350. The van der Waals surface area contributed by atoms with Gasteiger partial charge in [-0.25, -0.2) is 9.78 Å².